The van der Waals surface area contributed by atoms with Gasteiger partial charge in [0, 0.05) is 152 Å². The minimum atomic E-state index is 0. The number of aryl methyl sites for hydroxylation is 8. The molecular weight excluding hydrogens is 2530 g/mol. The summed E-state index contributed by atoms with van der Waals surface area (Å²) in [5.41, 5.74) is 37.3. The number of pyridine rings is 8. The molecule has 0 unspecified atom stereocenters. The molecule has 24 aromatic rings. The maximum atomic E-state index is 6.14. The summed E-state index contributed by atoms with van der Waals surface area (Å²) in [7, 11) is 0. The van der Waals surface area contributed by atoms with Gasteiger partial charge in [0.15, 0.2) is 0 Å². The van der Waals surface area contributed by atoms with Crippen LogP contribution in [0.3, 0.4) is 0 Å². The summed E-state index contributed by atoms with van der Waals surface area (Å²) in [5, 5.41) is 9.07. The summed E-state index contributed by atoms with van der Waals surface area (Å²) in [4.78, 5) is 35.4. The first-order valence-corrected chi connectivity index (χ1v) is 48.8. The van der Waals surface area contributed by atoms with Gasteiger partial charge in [0.05, 0.1) is 22.3 Å². The number of furan rings is 4. The summed E-state index contributed by atoms with van der Waals surface area (Å²) >= 11 is 0. The standard InChI is InChI=1S/2C21H18NO.C20H16NO.C18H12NO.C15H16N.C13H12N.2C12H10N.4Ir/c1-13(2)15-7-8-20-18(12-15)16-5-4-6-17(21(16)23-20)19-11-14(3)9-10-22-19;1-13(2)15-9-11-18(22-12-15)16-10-8-14(3)20-17-6-4-5-7-19(17)23-21(16)20;1-13(2)14-10-11-21-18(12-14)17-8-5-7-16-15-6-3-4-9-19(15)22-20(16)17;1-12-9-10-16(19-11-12)15-7-4-6-14-13-5-2-3-8-17(13)20-18(14)15;1-11(2)14-7-8-15(16-10-14)13-6-4-5-12(3)9-13;1-10-4-3-5-12(8-10)13-9-11(2)6-7-14-13;2*1-10-5-4-6-11(9-10)12-7-2-3-8-13-12;;;;/h4-5,7-13H,1-3H3;4-9,11-13H,1-3H3;3-7,9-13H,1-2H3;2-6,8-11H,1H3;4-5,7-11H,1-3H3;3-4,6-9H,1-2H3;2*2-5,7-9H,1H3;;;;/q8*-1;;;;. The summed E-state index contributed by atoms with van der Waals surface area (Å²) in [6.45, 7) is 34.0. The molecule has 0 fully saturated rings. The monoisotopic (exact) mass is 2640 g/mol. The van der Waals surface area contributed by atoms with E-state index >= 15 is 0 Å². The largest absolute Gasteiger partial charge is 0.501 e. The molecule has 24 rings (SSSR count). The Bertz CT molecular complexity index is 8390. The van der Waals surface area contributed by atoms with Crippen LogP contribution in [0.25, 0.3) is 178 Å². The van der Waals surface area contributed by atoms with Crippen LogP contribution in [0.1, 0.15) is 146 Å². The number of para-hydroxylation sites is 3. The Morgan fingerprint density at radius 3 is 0.966 bits per heavy atom. The zero-order valence-electron chi connectivity index (χ0n) is 85.5. The molecule has 12 aromatic heterocycles. The molecule has 0 spiro atoms. The minimum Gasteiger partial charge on any atom is -0.501 e. The molecule has 0 aliphatic carbocycles. The molecule has 16 heteroatoms. The van der Waals surface area contributed by atoms with Gasteiger partial charge in [-0.1, -0.05) is 290 Å². The maximum Gasteiger partial charge on any atom is 0.120 e. The molecule has 0 saturated heterocycles. The second kappa shape index (κ2) is 52.3. The van der Waals surface area contributed by atoms with E-state index in [1.807, 2.05) is 232 Å². The van der Waals surface area contributed by atoms with E-state index in [9.17, 15) is 0 Å². The average Bonchev–Trinajstić information content (AvgIpc) is 1.11. The number of nitrogens with zero attached hydrogens (tertiary/aromatic N) is 8. The minimum absolute atomic E-state index is 0. The van der Waals surface area contributed by atoms with Gasteiger partial charge >= 0.3 is 0 Å². The van der Waals surface area contributed by atoms with Crippen molar-refractivity contribution in [2.75, 3.05) is 0 Å². The number of fused-ring (bicyclic) bond motifs is 12. The van der Waals surface area contributed by atoms with E-state index in [0.717, 1.165) is 183 Å². The maximum absolute atomic E-state index is 6.14. The summed E-state index contributed by atoms with van der Waals surface area (Å²) in [5.74, 6) is 1.97. The fourth-order valence-electron chi connectivity index (χ4n) is 16.9. The average molecular weight is 2640 g/mol. The fraction of sp³-hybridized carbons (Fsp3) is 0.152. The number of hydrogen-bond acceptors (Lipinski definition) is 12. The van der Waals surface area contributed by atoms with Crippen LogP contribution in [-0.4, -0.2) is 39.9 Å². The molecule has 0 aliphatic heterocycles. The van der Waals surface area contributed by atoms with Crippen molar-refractivity contribution in [2.45, 2.75) is 134 Å². The second-order valence-electron chi connectivity index (χ2n) is 37.2. The van der Waals surface area contributed by atoms with E-state index in [-0.39, 0.29) is 80.4 Å². The Morgan fingerprint density at radius 1 is 0.209 bits per heavy atom. The molecule has 12 aromatic carbocycles. The third-order valence-corrected chi connectivity index (χ3v) is 24.8. The summed E-state index contributed by atoms with van der Waals surface area (Å²) in [6, 6.07) is 132. The molecule has 0 aliphatic rings. The van der Waals surface area contributed by atoms with Gasteiger partial charge in [0.1, 0.15) is 22.3 Å². The molecule has 0 bridgehead atoms. The third-order valence-electron chi connectivity index (χ3n) is 24.8. The van der Waals surface area contributed by atoms with E-state index < -0.39 is 0 Å². The van der Waals surface area contributed by atoms with Crippen LogP contribution in [0, 0.1) is 104 Å². The Hall–Kier alpha value is -14.4. The van der Waals surface area contributed by atoms with Crippen molar-refractivity contribution in [3.8, 4) is 90.1 Å². The van der Waals surface area contributed by atoms with E-state index in [4.69, 9.17) is 17.7 Å². The molecule has 748 valence electrons. The molecule has 0 amide bonds. The van der Waals surface area contributed by atoms with Crippen LogP contribution < -0.4 is 0 Å². The van der Waals surface area contributed by atoms with Crippen molar-refractivity contribution < 1.29 is 98.1 Å². The Kier molecular flexibility index (Phi) is 39.2. The zero-order chi connectivity index (χ0) is 100. The first-order chi connectivity index (χ1) is 70.0. The van der Waals surface area contributed by atoms with Crippen molar-refractivity contribution >= 4 is 87.8 Å². The number of rotatable bonds is 12. The Morgan fingerprint density at radius 2 is 0.541 bits per heavy atom. The van der Waals surface area contributed by atoms with Crippen molar-refractivity contribution in [3.63, 3.8) is 0 Å². The SMILES string of the molecule is CC(C)c1ccnc(-c2[c-]ccc3c2oc2ccccc23)c1.Cc1c[c-]c(-c2ccc(C(C)C)cn2)c2oc3ccccc3c12.Cc1cc[c-]c(-c2cc(C)ccn2)c1.Cc1cc[c-]c(-c2ccc(C(C)C)cn2)c1.Cc1cc[c-]c(-c2ccccn2)c1.Cc1cc[c-]c(-c2ccccn2)c1.Cc1ccc(-c2[c-]ccc3c2oc2ccccc23)nc1.Cc1ccnc(-c2[c-]ccc3c2oc2ccc(C(C)C)cc23)c1.[Ir].[Ir].[Ir].[Ir]. The first-order valence-electron chi connectivity index (χ1n) is 48.8. The first kappa shape index (κ1) is 111. The molecule has 12 heterocycles. The fourth-order valence-corrected chi connectivity index (χ4v) is 16.9. The summed E-state index contributed by atoms with van der Waals surface area (Å²) in [6.07, 6.45) is 14.9. The van der Waals surface area contributed by atoms with Crippen molar-refractivity contribution in [3.05, 3.63) is 480 Å². The van der Waals surface area contributed by atoms with Crippen molar-refractivity contribution in [1.82, 2.24) is 39.9 Å². The van der Waals surface area contributed by atoms with Crippen LogP contribution in [0.5, 0.6) is 0 Å². The van der Waals surface area contributed by atoms with E-state index in [1.54, 1.807) is 12.4 Å². The summed E-state index contributed by atoms with van der Waals surface area (Å²) < 4.78 is 24.3. The second-order valence-corrected chi connectivity index (χ2v) is 37.2. The Balaban J connectivity index is 0.000000142. The number of benzene rings is 12. The molecular formula is C132H112Ir4N8O4-8. The Labute approximate surface area is 922 Å². The quantitative estimate of drug-likeness (QED) is 0.107. The van der Waals surface area contributed by atoms with Crippen LogP contribution >= 0.6 is 0 Å². The molecule has 4 radical (unpaired) electrons. The van der Waals surface area contributed by atoms with Gasteiger partial charge in [-0.3, -0.25) is 0 Å². The zero-order valence-corrected chi connectivity index (χ0v) is 95.1. The molecule has 148 heavy (non-hydrogen) atoms. The van der Waals surface area contributed by atoms with Gasteiger partial charge in [-0.2, -0.15) is 0 Å². The number of aromatic nitrogens is 8. The predicted octanol–water partition coefficient (Wildman–Crippen LogP) is 34.9. The molecule has 0 saturated carbocycles. The van der Waals surface area contributed by atoms with Gasteiger partial charge in [-0.15, -0.1) is 214 Å². The molecule has 0 N–H and O–H groups in total. The van der Waals surface area contributed by atoms with Gasteiger partial charge in [0.25, 0.3) is 0 Å². The topological polar surface area (TPSA) is 156 Å². The third kappa shape index (κ3) is 27.3. The van der Waals surface area contributed by atoms with E-state index in [2.05, 4.69) is 320 Å². The number of hydrogen-bond donors (Lipinski definition) is 0. The van der Waals surface area contributed by atoms with E-state index in [0.29, 0.717) is 23.7 Å². The van der Waals surface area contributed by atoms with Crippen LogP contribution in [0.15, 0.2) is 383 Å². The molecule has 12 nitrogen and oxygen atoms in total. The van der Waals surface area contributed by atoms with Crippen LogP contribution in [0.4, 0.5) is 0 Å². The predicted molar refractivity (Wildman–Crippen MR) is 591 cm³/mol. The smallest absolute Gasteiger partial charge is 0.120 e. The van der Waals surface area contributed by atoms with Gasteiger partial charge < -0.3 is 57.5 Å². The van der Waals surface area contributed by atoms with Crippen LogP contribution in [-0.2, 0) is 80.4 Å². The van der Waals surface area contributed by atoms with Gasteiger partial charge in [-0.25, -0.2) is 0 Å². The van der Waals surface area contributed by atoms with Crippen molar-refractivity contribution in [2.24, 2.45) is 0 Å². The van der Waals surface area contributed by atoms with Crippen molar-refractivity contribution in [1.29, 1.82) is 0 Å². The van der Waals surface area contributed by atoms with Crippen LogP contribution in [0.2, 0.25) is 0 Å². The van der Waals surface area contributed by atoms with Gasteiger partial charge in [0.2, 0.25) is 0 Å². The molecule has 0 atom stereocenters. The van der Waals surface area contributed by atoms with E-state index in [1.165, 1.54) is 61.2 Å². The van der Waals surface area contributed by atoms with Gasteiger partial charge in [-0.05, 0) is 173 Å². The normalized spacial score (nSPS) is 10.7.